The molecule has 0 aliphatic heterocycles. The number of aryl methyl sites for hydroxylation is 1. The molecule has 5 heteroatoms. The molecule has 0 amide bonds. The molecule has 0 unspecified atom stereocenters. The fourth-order valence-electron chi connectivity index (χ4n) is 1.35. The molecular formula is C11H13N5. The quantitative estimate of drug-likeness (QED) is 0.808. The summed E-state index contributed by atoms with van der Waals surface area (Å²) in [6.07, 6.45) is 6.77. The summed E-state index contributed by atoms with van der Waals surface area (Å²) in [5, 5.41) is 3.16. The van der Waals surface area contributed by atoms with E-state index in [1.54, 1.807) is 12.4 Å². The normalized spacial score (nSPS) is 10.1. The Labute approximate surface area is 93.8 Å². The predicted molar refractivity (Wildman–Crippen MR) is 62.7 cm³/mol. The van der Waals surface area contributed by atoms with Gasteiger partial charge in [-0.2, -0.15) is 0 Å². The maximum atomic E-state index is 5.53. The lowest BCUT2D eigenvalue weighted by molar-refractivity contribution is 1.06. The molecule has 2 heterocycles. The number of rotatable bonds is 3. The first-order valence-electron chi connectivity index (χ1n) is 4.96. The van der Waals surface area contributed by atoms with Gasteiger partial charge in [0.25, 0.3) is 0 Å². The van der Waals surface area contributed by atoms with Gasteiger partial charge in [0, 0.05) is 18.9 Å². The molecule has 0 aromatic carbocycles. The van der Waals surface area contributed by atoms with Crippen molar-refractivity contribution in [3.8, 4) is 0 Å². The van der Waals surface area contributed by atoms with Gasteiger partial charge >= 0.3 is 0 Å². The first-order valence-corrected chi connectivity index (χ1v) is 4.96. The Bertz CT molecular complexity index is 483. The van der Waals surface area contributed by atoms with Crippen molar-refractivity contribution in [3.05, 3.63) is 42.0 Å². The first kappa shape index (κ1) is 10.4. The van der Waals surface area contributed by atoms with Crippen LogP contribution in [0.5, 0.6) is 0 Å². The Morgan fingerprint density at radius 3 is 2.88 bits per heavy atom. The molecule has 0 radical (unpaired) electrons. The minimum atomic E-state index is 0.413. The summed E-state index contributed by atoms with van der Waals surface area (Å²) in [6, 6.07) is 1.97. The molecule has 2 aromatic rings. The van der Waals surface area contributed by atoms with Crippen LogP contribution in [0, 0.1) is 6.92 Å². The molecule has 0 aliphatic carbocycles. The van der Waals surface area contributed by atoms with Gasteiger partial charge in [-0.1, -0.05) is 0 Å². The van der Waals surface area contributed by atoms with Crippen molar-refractivity contribution in [3.63, 3.8) is 0 Å². The van der Waals surface area contributed by atoms with Gasteiger partial charge in [0.15, 0.2) is 0 Å². The van der Waals surface area contributed by atoms with Crippen LogP contribution in [0.4, 0.5) is 11.6 Å². The van der Waals surface area contributed by atoms with E-state index in [1.165, 1.54) is 11.8 Å². The van der Waals surface area contributed by atoms with Crippen LogP contribution in [0.3, 0.4) is 0 Å². The molecule has 0 atom stereocenters. The number of nitrogens with zero attached hydrogens (tertiary/aromatic N) is 3. The topological polar surface area (TPSA) is 76.7 Å². The minimum absolute atomic E-state index is 0.413. The van der Waals surface area contributed by atoms with Crippen molar-refractivity contribution in [2.45, 2.75) is 13.5 Å². The lowest BCUT2D eigenvalue weighted by atomic mass is 10.1. The number of hydrogen-bond donors (Lipinski definition) is 2. The highest BCUT2D eigenvalue weighted by molar-refractivity contribution is 5.39. The summed E-state index contributed by atoms with van der Waals surface area (Å²) in [5.74, 6) is 1.09. The van der Waals surface area contributed by atoms with Gasteiger partial charge in [-0.15, -0.1) is 0 Å². The third kappa shape index (κ3) is 2.44. The van der Waals surface area contributed by atoms with E-state index in [9.17, 15) is 0 Å². The average Bonchev–Trinajstić information content (AvgIpc) is 2.28. The monoisotopic (exact) mass is 215 g/mol. The zero-order valence-electron chi connectivity index (χ0n) is 9.01. The Kier molecular flexibility index (Phi) is 2.95. The van der Waals surface area contributed by atoms with Crippen molar-refractivity contribution < 1.29 is 0 Å². The fourth-order valence-corrected chi connectivity index (χ4v) is 1.35. The van der Waals surface area contributed by atoms with Crippen LogP contribution in [-0.4, -0.2) is 15.0 Å². The number of aromatic nitrogens is 3. The van der Waals surface area contributed by atoms with Gasteiger partial charge < -0.3 is 11.1 Å². The Hall–Kier alpha value is -2.17. The van der Waals surface area contributed by atoms with Crippen molar-refractivity contribution in [1.29, 1.82) is 0 Å². The van der Waals surface area contributed by atoms with Gasteiger partial charge in [-0.05, 0) is 24.1 Å². The number of nitrogen functional groups attached to an aromatic ring is 1. The third-order valence-electron chi connectivity index (χ3n) is 2.25. The number of hydrogen-bond acceptors (Lipinski definition) is 5. The van der Waals surface area contributed by atoms with Gasteiger partial charge in [-0.3, -0.25) is 9.97 Å². The van der Waals surface area contributed by atoms with E-state index in [0.717, 1.165) is 5.56 Å². The van der Waals surface area contributed by atoms with Gasteiger partial charge in [0.2, 0.25) is 0 Å². The smallest absolute Gasteiger partial charge is 0.147 e. The molecule has 0 saturated heterocycles. The standard InChI is InChI=1S/C11H13N5/c1-8-4-13-3-2-9(8)5-15-11-7-14-6-10(12)16-11/h2-4,6-7H,5H2,1H3,(H3,12,15,16). The Morgan fingerprint density at radius 2 is 2.12 bits per heavy atom. The van der Waals surface area contributed by atoms with E-state index < -0.39 is 0 Å². The molecule has 16 heavy (non-hydrogen) atoms. The molecule has 0 bridgehead atoms. The van der Waals surface area contributed by atoms with Crippen molar-refractivity contribution >= 4 is 11.6 Å². The summed E-state index contributed by atoms with van der Waals surface area (Å²) in [5.41, 5.74) is 7.86. The predicted octanol–water partition coefficient (Wildman–Crippen LogP) is 1.37. The summed E-state index contributed by atoms with van der Waals surface area (Å²) in [6.45, 7) is 2.71. The lowest BCUT2D eigenvalue weighted by Gasteiger charge is -2.07. The molecule has 0 fully saturated rings. The maximum Gasteiger partial charge on any atom is 0.147 e. The summed E-state index contributed by atoms with van der Waals surface area (Å²) in [4.78, 5) is 12.1. The van der Waals surface area contributed by atoms with E-state index in [1.807, 2.05) is 19.2 Å². The number of pyridine rings is 1. The SMILES string of the molecule is Cc1cnccc1CNc1cncc(N)n1. The van der Waals surface area contributed by atoms with E-state index in [4.69, 9.17) is 5.73 Å². The molecule has 2 aromatic heterocycles. The molecule has 0 saturated carbocycles. The number of anilines is 2. The molecule has 5 nitrogen and oxygen atoms in total. The molecule has 0 aliphatic rings. The van der Waals surface area contributed by atoms with Gasteiger partial charge in [0.1, 0.15) is 11.6 Å². The highest BCUT2D eigenvalue weighted by atomic mass is 15.0. The van der Waals surface area contributed by atoms with Crippen molar-refractivity contribution in [1.82, 2.24) is 15.0 Å². The van der Waals surface area contributed by atoms with Crippen LogP contribution in [0.25, 0.3) is 0 Å². The second-order valence-electron chi connectivity index (χ2n) is 3.48. The lowest BCUT2D eigenvalue weighted by Crippen LogP contribution is -2.04. The van der Waals surface area contributed by atoms with E-state index in [-0.39, 0.29) is 0 Å². The van der Waals surface area contributed by atoms with Crippen LogP contribution in [0.1, 0.15) is 11.1 Å². The minimum Gasteiger partial charge on any atom is -0.382 e. The molecular weight excluding hydrogens is 202 g/mol. The van der Waals surface area contributed by atoms with Gasteiger partial charge in [0.05, 0.1) is 12.4 Å². The average molecular weight is 215 g/mol. The molecule has 82 valence electrons. The molecule has 3 N–H and O–H groups in total. The highest BCUT2D eigenvalue weighted by Crippen LogP contribution is 2.09. The van der Waals surface area contributed by atoms with Crippen LogP contribution >= 0.6 is 0 Å². The van der Waals surface area contributed by atoms with E-state index >= 15 is 0 Å². The Balaban J connectivity index is 2.05. The summed E-state index contributed by atoms with van der Waals surface area (Å²) >= 11 is 0. The molecule has 0 spiro atoms. The summed E-state index contributed by atoms with van der Waals surface area (Å²) in [7, 11) is 0. The number of nitrogens with two attached hydrogens (primary N) is 1. The fraction of sp³-hybridized carbons (Fsp3) is 0.182. The van der Waals surface area contributed by atoms with E-state index in [0.29, 0.717) is 18.2 Å². The zero-order valence-corrected chi connectivity index (χ0v) is 9.01. The summed E-state index contributed by atoms with van der Waals surface area (Å²) < 4.78 is 0. The second-order valence-corrected chi connectivity index (χ2v) is 3.48. The molecule has 2 rings (SSSR count). The van der Waals surface area contributed by atoms with Crippen LogP contribution in [0.15, 0.2) is 30.9 Å². The van der Waals surface area contributed by atoms with Crippen molar-refractivity contribution in [2.24, 2.45) is 0 Å². The maximum absolute atomic E-state index is 5.53. The van der Waals surface area contributed by atoms with Crippen LogP contribution in [-0.2, 0) is 6.54 Å². The van der Waals surface area contributed by atoms with Crippen LogP contribution < -0.4 is 11.1 Å². The number of nitrogens with one attached hydrogen (secondary N) is 1. The zero-order chi connectivity index (χ0) is 11.4. The third-order valence-corrected chi connectivity index (χ3v) is 2.25. The van der Waals surface area contributed by atoms with E-state index in [2.05, 4.69) is 20.3 Å². The van der Waals surface area contributed by atoms with Gasteiger partial charge in [-0.25, -0.2) is 4.98 Å². The van der Waals surface area contributed by atoms with Crippen molar-refractivity contribution in [2.75, 3.05) is 11.1 Å². The van der Waals surface area contributed by atoms with Crippen LogP contribution in [0.2, 0.25) is 0 Å². The Morgan fingerprint density at radius 1 is 1.25 bits per heavy atom. The first-order chi connectivity index (χ1) is 7.75. The second kappa shape index (κ2) is 4.57. The largest absolute Gasteiger partial charge is 0.382 e. The highest BCUT2D eigenvalue weighted by Gasteiger charge is 1.99.